The van der Waals surface area contributed by atoms with Crippen LogP contribution in [0.2, 0.25) is 0 Å². The first-order valence-electron chi connectivity index (χ1n) is 5.85. The third kappa shape index (κ3) is 5.74. The Morgan fingerprint density at radius 1 is 1.47 bits per heavy atom. The lowest BCUT2D eigenvalue weighted by molar-refractivity contribution is -0.117. The van der Waals surface area contributed by atoms with Crippen LogP contribution >= 0.6 is 0 Å². The molecule has 0 spiro atoms. The number of rotatable bonds is 7. The van der Waals surface area contributed by atoms with Crippen LogP contribution in [0, 0.1) is 5.92 Å². The molecule has 1 rings (SSSR count). The summed E-state index contributed by atoms with van der Waals surface area (Å²) < 4.78 is 0. The Morgan fingerprint density at radius 3 is 2.73 bits per heavy atom. The molecule has 1 saturated carbocycles. The van der Waals surface area contributed by atoms with E-state index in [4.69, 9.17) is 5.73 Å². The molecule has 0 aromatic rings. The van der Waals surface area contributed by atoms with Crippen molar-refractivity contribution in [1.82, 2.24) is 5.32 Å². The van der Waals surface area contributed by atoms with Gasteiger partial charge in [-0.25, -0.2) is 0 Å². The average molecular weight is 214 g/mol. The molecule has 0 bridgehead atoms. The van der Waals surface area contributed by atoms with Crippen LogP contribution in [0.4, 0.5) is 0 Å². The molecule has 0 aliphatic heterocycles. The normalized spacial score (nSPS) is 19.3. The summed E-state index contributed by atoms with van der Waals surface area (Å²) in [5, 5.41) is 12.7. The number of amides is 1. The van der Waals surface area contributed by atoms with E-state index in [0.717, 1.165) is 6.42 Å². The molecule has 4 N–H and O–H groups in total. The highest BCUT2D eigenvalue weighted by Crippen LogP contribution is 2.28. The summed E-state index contributed by atoms with van der Waals surface area (Å²) in [6.45, 7) is 1.14. The van der Waals surface area contributed by atoms with Gasteiger partial charge in [0, 0.05) is 19.5 Å². The van der Waals surface area contributed by atoms with E-state index in [9.17, 15) is 9.90 Å². The molecule has 15 heavy (non-hydrogen) atoms. The molecular weight excluding hydrogens is 192 g/mol. The van der Waals surface area contributed by atoms with Crippen molar-refractivity contribution in [3.63, 3.8) is 0 Å². The van der Waals surface area contributed by atoms with Gasteiger partial charge in [0.1, 0.15) is 0 Å². The van der Waals surface area contributed by atoms with Crippen molar-refractivity contribution in [3.8, 4) is 0 Å². The monoisotopic (exact) mass is 214 g/mol. The lowest BCUT2D eigenvalue weighted by Crippen LogP contribution is -2.30. The van der Waals surface area contributed by atoms with Crippen molar-refractivity contribution in [2.24, 2.45) is 11.7 Å². The molecule has 1 amide bonds. The summed E-state index contributed by atoms with van der Waals surface area (Å²) in [7, 11) is 0. The topological polar surface area (TPSA) is 75.4 Å². The second kappa shape index (κ2) is 6.80. The van der Waals surface area contributed by atoms with E-state index in [-0.39, 0.29) is 12.0 Å². The summed E-state index contributed by atoms with van der Waals surface area (Å²) in [4.78, 5) is 10.4. The van der Waals surface area contributed by atoms with Gasteiger partial charge < -0.3 is 16.2 Å². The molecule has 0 saturated heterocycles. The minimum absolute atomic E-state index is 0.277. The van der Waals surface area contributed by atoms with Crippen LogP contribution in [0.15, 0.2) is 0 Å². The molecule has 0 aromatic carbocycles. The van der Waals surface area contributed by atoms with Gasteiger partial charge in [-0.2, -0.15) is 0 Å². The molecule has 0 heterocycles. The van der Waals surface area contributed by atoms with Crippen LogP contribution in [0.1, 0.15) is 38.5 Å². The van der Waals surface area contributed by atoms with Gasteiger partial charge in [-0.3, -0.25) is 4.79 Å². The molecular formula is C11H22N2O2. The molecule has 1 aliphatic rings. The van der Waals surface area contributed by atoms with Crippen molar-refractivity contribution in [1.29, 1.82) is 0 Å². The van der Waals surface area contributed by atoms with E-state index >= 15 is 0 Å². The van der Waals surface area contributed by atoms with Crippen molar-refractivity contribution in [2.45, 2.75) is 44.6 Å². The predicted molar refractivity (Wildman–Crippen MR) is 59.3 cm³/mol. The van der Waals surface area contributed by atoms with Gasteiger partial charge in [0.25, 0.3) is 0 Å². The smallest absolute Gasteiger partial charge is 0.218 e. The van der Waals surface area contributed by atoms with Crippen molar-refractivity contribution in [2.75, 3.05) is 13.1 Å². The zero-order valence-corrected chi connectivity index (χ0v) is 9.24. The summed E-state index contributed by atoms with van der Waals surface area (Å²) in [5.74, 6) is 0.408. The van der Waals surface area contributed by atoms with E-state index in [0.29, 0.717) is 25.4 Å². The van der Waals surface area contributed by atoms with Gasteiger partial charge in [0.15, 0.2) is 0 Å². The maximum absolute atomic E-state index is 10.4. The Kier molecular flexibility index (Phi) is 5.65. The maximum Gasteiger partial charge on any atom is 0.218 e. The number of nitrogens with two attached hydrogens (primary N) is 1. The molecule has 0 aromatic heterocycles. The van der Waals surface area contributed by atoms with Crippen molar-refractivity contribution >= 4 is 5.91 Å². The Hall–Kier alpha value is -0.610. The summed E-state index contributed by atoms with van der Waals surface area (Å²) >= 11 is 0. The summed E-state index contributed by atoms with van der Waals surface area (Å²) in [5.41, 5.74) is 5.00. The molecule has 1 aliphatic carbocycles. The fourth-order valence-electron chi connectivity index (χ4n) is 2.19. The van der Waals surface area contributed by atoms with Crippen molar-refractivity contribution in [3.05, 3.63) is 0 Å². The third-order valence-electron chi connectivity index (χ3n) is 3.01. The van der Waals surface area contributed by atoms with Crippen LogP contribution in [0.25, 0.3) is 0 Å². The fourth-order valence-corrected chi connectivity index (χ4v) is 2.19. The first-order valence-corrected chi connectivity index (χ1v) is 5.85. The minimum atomic E-state index is -0.298. The first kappa shape index (κ1) is 12.5. The second-order valence-corrected chi connectivity index (χ2v) is 4.46. The van der Waals surface area contributed by atoms with Crippen LogP contribution in [0.3, 0.4) is 0 Å². The van der Waals surface area contributed by atoms with E-state index in [1.807, 2.05) is 0 Å². The molecule has 88 valence electrons. The van der Waals surface area contributed by atoms with Crippen LogP contribution < -0.4 is 11.1 Å². The molecule has 1 unspecified atom stereocenters. The second-order valence-electron chi connectivity index (χ2n) is 4.46. The number of primary amides is 1. The largest absolute Gasteiger partial charge is 0.392 e. The lowest BCUT2D eigenvalue weighted by atomic mass is 10.0. The molecule has 4 heteroatoms. The number of carbonyl (C=O) groups is 1. The minimum Gasteiger partial charge on any atom is -0.392 e. The zero-order chi connectivity index (χ0) is 11.1. The fraction of sp³-hybridized carbons (Fsp3) is 0.909. The number of hydrogen-bond donors (Lipinski definition) is 3. The van der Waals surface area contributed by atoms with Crippen LogP contribution in [-0.2, 0) is 4.79 Å². The Morgan fingerprint density at radius 2 is 2.13 bits per heavy atom. The highest BCUT2D eigenvalue weighted by molar-refractivity contribution is 5.73. The van der Waals surface area contributed by atoms with E-state index in [2.05, 4.69) is 5.32 Å². The SMILES string of the molecule is NC(=O)CCNCC(O)CC1CCCC1. The van der Waals surface area contributed by atoms with E-state index in [1.54, 1.807) is 0 Å². The average Bonchev–Trinajstić information content (AvgIpc) is 2.64. The maximum atomic E-state index is 10.4. The summed E-state index contributed by atoms with van der Waals surface area (Å²) in [6.07, 6.45) is 6.11. The zero-order valence-electron chi connectivity index (χ0n) is 9.24. The Bertz CT molecular complexity index is 191. The standard InChI is InChI=1S/C11H22N2O2/c12-11(15)5-6-13-8-10(14)7-9-3-1-2-4-9/h9-10,13-14H,1-8H2,(H2,12,15). The van der Waals surface area contributed by atoms with Crippen LogP contribution in [-0.4, -0.2) is 30.2 Å². The van der Waals surface area contributed by atoms with Gasteiger partial charge in [0.2, 0.25) is 5.91 Å². The number of carbonyl (C=O) groups excluding carboxylic acids is 1. The van der Waals surface area contributed by atoms with E-state index in [1.165, 1.54) is 25.7 Å². The van der Waals surface area contributed by atoms with Crippen molar-refractivity contribution < 1.29 is 9.90 Å². The van der Waals surface area contributed by atoms with Gasteiger partial charge >= 0.3 is 0 Å². The highest BCUT2D eigenvalue weighted by atomic mass is 16.3. The quantitative estimate of drug-likeness (QED) is 0.537. The molecule has 0 radical (unpaired) electrons. The van der Waals surface area contributed by atoms with Gasteiger partial charge in [-0.15, -0.1) is 0 Å². The highest BCUT2D eigenvalue weighted by Gasteiger charge is 2.18. The molecule has 4 nitrogen and oxygen atoms in total. The Labute approximate surface area is 91.2 Å². The van der Waals surface area contributed by atoms with Gasteiger partial charge in [-0.05, 0) is 12.3 Å². The van der Waals surface area contributed by atoms with Gasteiger partial charge in [0.05, 0.1) is 6.10 Å². The number of hydrogen-bond acceptors (Lipinski definition) is 3. The third-order valence-corrected chi connectivity index (χ3v) is 3.01. The number of aliphatic hydroxyl groups is 1. The number of nitrogens with one attached hydrogen (secondary N) is 1. The van der Waals surface area contributed by atoms with Crippen LogP contribution in [0.5, 0.6) is 0 Å². The van der Waals surface area contributed by atoms with E-state index < -0.39 is 0 Å². The Balaban J connectivity index is 1.97. The molecule has 1 atom stereocenters. The predicted octanol–water partition coefficient (Wildman–Crippen LogP) is 0.393. The lowest BCUT2D eigenvalue weighted by Gasteiger charge is -2.15. The van der Waals surface area contributed by atoms with Gasteiger partial charge in [-0.1, -0.05) is 25.7 Å². The first-order chi connectivity index (χ1) is 7.18. The summed E-state index contributed by atoms with van der Waals surface area (Å²) in [6, 6.07) is 0. The number of aliphatic hydroxyl groups excluding tert-OH is 1. The molecule has 1 fully saturated rings.